The van der Waals surface area contributed by atoms with Crippen LogP contribution in [-0.4, -0.2) is 41.0 Å². The summed E-state index contributed by atoms with van der Waals surface area (Å²) in [6.07, 6.45) is 6.00. The van der Waals surface area contributed by atoms with Gasteiger partial charge in [0.1, 0.15) is 5.82 Å². The van der Waals surface area contributed by atoms with E-state index in [2.05, 4.69) is 47.9 Å². The molecule has 0 aliphatic carbocycles. The molecule has 5 rings (SSSR count). The predicted octanol–water partition coefficient (Wildman–Crippen LogP) is 3.21. The summed E-state index contributed by atoms with van der Waals surface area (Å²) in [7, 11) is 0. The van der Waals surface area contributed by atoms with Gasteiger partial charge in [-0.3, -0.25) is 4.68 Å². The highest BCUT2D eigenvalue weighted by Crippen LogP contribution is 2.32. The number of nitrogens with zero attached hydrogens (tertiary/aromatic N) is 7. The largest absolute Gasteiger partial charge is 0.478 e. The first-order valence-electron chi connectivity index (χ1n) is 8.36. The molecule has 10 heteroatoms. The third-order valence-corrected chi connectivity index (χ3v) is 5.22. The van der Waals surface area contributed by atoms with Crippen LogP contribution in [0, 0.1) is 3.83 Å². The standard InChI is InChI=1S/C17H13ClIN7O/c18-12-7-21-25(9-12)8-10-2-4-27-15-6-11(13-1-3-20-17(19)22-13)5-14-23-24-16(10)26(14)15/h1,3,5-7,9-10H,2,4,8H2. The molecule has 5 heterocycles. The van der Waals surface area contributed by atoms with Crippen LogP contribution in [0.1, 0.15) is 18.2 Å². The van der Waals surface area contributed by atoms with Gasteiger partial charge in [-0.25, -0.2) is 14.4 Å². The number of hydrogen-bond acceptors (Lipinski definition) is 6. The molecular formula is C17H13ClIN7O. The van der Waals surface area contributed by atoms with E-state index in [-0.39, 0.29) is 5.92 Å². The Bertz CT molecular complexity index is 1140. The molecule has 0 fully saturated rings. The van der Waals surface area contributed by atoms with Crippen LogP contribution in [0.25, 0.3) is 16.9 Å². The molecule has 0 saturated carbocycles. The first-order valence-corrected chi connectivity index (χ1v) is 9.82. The molecule has 1 atom stereocenters. The summed E-state index contributed by atoms with van der Waals surface area (Å²) in [4.78, 5) is 8.63. The SMILES string of the molecule is Clc1cnn(CC2CCOc3cc(-c4ccnc(I)n4)cc4nnc2n34)c1. The van der Waals surface area contributed by atoms with Crippen molar-refractivity contribution in [2.45, 2.75) is 18.9 Å². The molecule has 0 saturated heterocycles. The highest BCUT2D eigenvalue weighted by molar-refractivity contribution is 14.1. The van der Waals surface area contributed by atoms with Gasteiger partial charge < -0.3 is 4.74 Å². The zero-order chi connectivity index (χ0) is 18.4. The van der Waals surface area contributed by atoms with Gasteiger partial charge >= 0.3 is 0 Å². The Labute approximate surface area is 172 Å². The average Bonchev–Trinajstić information content (AvgIpc) is 3.22. The molecule has 1 aliphatic rings. The lowest BCUT2D eigenvalue weighted by Gasteiger charge is -2.12. The molecule has 0 bridgehead atoms. The van der Waals surface area contributed by atoms with Crippen LogP contribution in [0.4, 0.5) is 0 Å². The van der Waals surface area contributed by atoms with Crippen LogP contribution >= 0.6 is 34.2 Å². The van der Waals surface area contributed by atoms with E-state index in [0.29, 0.717) is 22.0 Å². The summed E-state index contributed by atoms with van der Waals surface area (Å²) in [5, 5.41) is 13.7. The lowest BCUT2D eigenvalue weighted by molar-refractivity contribution is 0.291. The second-order valence-electron chi connectivity index (χ2n) is 6.26. The molecule has 1 unspecified atom stereocenters. The van der Waals surface area contributed by atoms with Crippen molar-refractivity contribution in [3.05, 3.63) is 51.5 Å². The van der Waals surface area contributed by atoms with E-state index < -0.39 is 0 Å². The molecule has 4 aromatic heterocycles. The van der Waals surface area contributed by atoms with E-state index >= 15 is 0 Å². The fourth-order valence-corrected chi connectivity index (χ4v) is 3.87. The van der Waals surface area contributed by atoms with Crippen molar-refractivity contribution in [1.29, 1.82) is 0 Å². The summed E-state index contributed by atoms with van der Waals surface area (Å²) in [5.41, 5.74) is 2.49. The number of aromatic nitrogens is 7. The van der Waals surface area contributed by atoms with Crippen molar-refractivity contribution in [2.75, 3.05) is 6.61 Å². The summed E-state index contributed by atoms with van der Waals surface area (Å²) in [6.45, 7) is 1.26. The second-order valence-corrected chi connectivity index (χ2v) is 7.66. The second kappa shape index (κ2) is 6.71. The van der Waals surface area contributed by atoms with Crippen molar-refractivity contribution in [3.8, 4) is 17.1 Å². The highest BCUT2D eigenvalue weighted by atomic mass is 127. The maximum atomic E-state index is 6.03. The van der Waals surface area contributed by atoms with E-state index in [1.54, 1.807) is 12.4 Å². The summed E-state index contributed by atoms with van der Waals surface area (Å²) >= 11 is 8.09. The van der Waals surface area contributed by atoms with Crippen LogP contribution < -0.4 is 4.74 Å². The number of hydrogen-bond donors (Lipinski definition) is 0. The van der Waals surface area contributed by atoms with Gasteiger partial charge in [0, 0.05) is 52.5 Å². The lowest BCUT2D eigenvalue weighted by atomic mass is 10.1. The Hall–Kier alpha value is -2.27. The highest BCUT2D eigenvalue weighted by Gasteiger charge is 2.25. The predicted molar refractivity (Wildman–Crippen MR) is 107 cm³/mol. The van der Waals surface area contributed by atoms with Gasteiger partial charge in [-0.1, -0.05) is 11.6 Å². The fraction of sp³-hybridized carbons (Fsp3) is 0.235. The maximum Gasteiger partial charge on any atom is 0.201 e. The molecule has 0 aromatic carbocycles. The minimum atomic E-state index is 0.128. The van der Waals surface area contributed by atoms with Crippen LogP contribution in [0.5, 0.6) is 5.88 Å². The van der Waals surface area contributed by atoms with Gasteiger partial charge in [0.05, 0.1) is 30.1 Å². The molecule has 0 spiro atoms. The molecule has 1 aliphatic heterocycles. The molecule has 0 radical (unpaired) electrons. The normalized spacial score (nSPS) is 16.3. The van der Waals surface area contributed by atoms with Crippen LogP contribution in [-0.2, 0) is 6.54 Å². The third-order valence-electron chi connectivity index (χ3n) is 4.51. The molecule has 8 nitrogen and oxygen atoms in total. The monoisotopic (exact) mass is 493 g/mol. The van der Waals surface area contributed by atoms with Gasteiger partial charge in [-0.2, -0.15) is 5.10 Å². The van der Waals surface area contributed by atoms with Crippen molar-refractivity contribution in [2.24, 2.45) is 0 Å². The summed E-state index contributed by atoms with van der Waals surface area (Å²) in [6, 6.07) is 5.82. The first kappa shape index (κ1) is 16.9. The van der Waals surface area contributed by atoms with Gasteiger partial charge in [-0.15, -0.1) is 10.2 Å². The van der Waals surface area contributed by atoms with E-state index in [1.165, 1.54) is 0 Å². The van der Waals surface area contributed by atoms with Crippen molar-refractivity contribution < 1.29 is 4.74 Å². The van der Waals surface area contributed by atoms with Gasteiger partial charge in [0.15, 0.2) is 9.48 Å². The van der Waals surface area contributed by atoms with Crippen LogP contribution in [0.3, 0.4) is 0 Å². The number of ether oxygens (including phenoxy) is 1. The molecule has 136 valence electrons. The Morgan fingerprint density at radius 2 is 2.22 bits per heavy atom. The van der Waals surface area contributed by atoms with Crippen molar-refractivity contribution >= 4 is 39.8 Å². The van der Waals surface area contributed by atoms with E-state index in [9.17, 15) is 0 Å². The first-order chi connectivity index (χ1) is 13.2. The maximum absolute atomic E-state index is 6.03. The average molecular weight is 494 g/mol. The topological polar surface area (TPSA) is 83.0 Å². The molecular weight excluding hydrogens is 481 g/mol. The zero-order valence-corrected chi connectivity index (χ0v) is 16.9. The quantitative estimate of drug-likeness (QED) is 0.322. The summed E-state index contributed by atoms with van der Waals surface area (Å²) in [5.74, 6) is 1.72. The minimum absolute atomic E-state index is 0.128. The van der Waals surface area contributed by atoms with E-state index in [4.69, 9.17) is 16.3 Å². The third kappa shape index (κ3) is 3.14. The van der Waals surface area contributed by atoms with Gasteiger partial charge in [0.25, 0.3) is 0 Å². The van der Waals surface area contributed by atoms with Crippen LogP contribution in [0.2, 0.25) is 5.02 Å². The molecule has 0 N–H and O–H groups in total. The zero-order valence-electron chi connectivity index (χ0n) is 14.0. The van der Waals surface area contributed by atoms with Crippen molar-refractivity contribution in [3.63, 3.8) is 0 Å². The van der Waals surface area contributed by atoms with Crippen LogP contribution in [0.15, 0.2) is 36.8 Å². The Morgan fingerprint density at radius 3 is 3.04 bits per heavy atom. The number of halogens is 2. The Morgan fingerprint density at radius 1 is 1.30 bits per heavy atom. The van der Waals surface area contributed by atoms with E-state index in [1.807, 2.05) is 33.5 Å². The molecule has 4 aromatic rings. The summed E-state index contributed by atoms with van der Waals surface area (Å²) < 4.78 is 10.5. The van der Waals surface area contributed by atoms with Crippen molar-refractivity contribution in [1.82, 2.24) is 34.3 Å². The lowest BCUT2D eigenvalue weighted by Crippen LogP contribution is -2.13. The molecule has 0 amide bonds. The number of rotatable bonds is 3. The van der Waals surface area contributed by atoms with E-state index in [0.717, 1.165) is 35.0 Å². The van der Waals surface area contributed by atoms with Gasteiger partial charge in [0.2, 0.25) is 5.88 Å². The number of pyridine rings is 1. The minimum Gasteiger partial charge on any atom is -0.478 e. The Balaban J connectivity index is 1.58. The van der Waals surface area contributed by atoms with Gasteiger partial charge in [-0.05, 0) is 18.6 Å². The molecule has 27 heavy (non-hydrogen) atoms. The smallest absolute Gasteiger partial charge is 0.201 e. The fourth-order valence-electron chi connectivity index (χ4n) is 3.29. The Kier molecular flexibility index (Phi) is 4.20.